The second-order valence-corrected chi connectivity index (χ2v) is 5.57. The molecule has 0 N–H and O–H groups in total. The van der Waals surface area contributed by atoms with E-state index in [1.54, 1.807) is 0 Å². The van der Waals surface area contributed by atoms with E-state index in [9.17, 15) is 0 Å². The van der Waals surface area contributed by atoms with E-state index in [-0.39, 0.29) is 5.41 Å². The minimum Gasteiger partial charge on any atom is -0.462 e. The molecule has 0 heterocycles. The molecule has 0 bridgehead atoms. The molecular formula is C17H24O. The summed E-state index contributed by atoms with van der Waals surface area (Å²) in [6.07, 6.45) is 4.71. The Morgan fingerprint density at radius 2 is 2.00 bits per heavy atom. The van der Waals surface area contributed by atoms with Crippen molar-refractivity contribution in [3.8, 4) is 5.75 Å². The van der Waals surface area contributed by atoms with Gasteiger partial charge in [0.05, 0.1) is 5.76 Å². The quantitative estimate of drug-likeness (QED) is 0.534. The summed E-state index contributed by atoms with van der Waals surface area (Å²) in [6, 6.07) is 6.46. The lowest BCUT2D eigenvalue weighted by Gasteiger charge is -2.21. The van der Waals surface area contributed by atoms with Crippen molar-refractivity contribution < 1.29 is 4.74 Å². The predicted molar refractivity (Wildman–Crippen MR) is 79.1 cm³/mol. The number of hydrogen-bond donors (Lipinski definition) is 0. The smallest absolute Gasteiger partial charge is 0.130 e. The van der Waals surface area contributed by atoms with Gasteiger partial charge in [-0.2, -0.15) is 0 Å². The van der Waals surface area contributed by atoms with Crippen LogP contribution in [-0.2, 0) is 11.8 Å². The van der Waals surface area contributed by atoms with Gasteiger partial charge >= 0.3 is 0 Å². The molecule has 0 unspecified atom stereocenters. The summed E-state index contributed by atoms with van der Waals surface area (Å²) in [4.78, 5) is 0. The molecule has 1 aromatic rings. The average Bonchev–Trinajstić information content (AvgIpc) is 2.30. The molecule has 0 fully saturated rings. The number of hydrogen-bond acceptors (Lipinski definition) is 1. The summed E-state index contributed by atoms with van der Waals surface area (Å²) in [5, 5.41) is 0. The SMILES string of the molecule is C=CCc1ccc(C(C)(C)C)cc1OC(C)=CC. The largest absolute Gasteiger partial charge is 0.462 e. The zero-order chi connectivity index (χ0) is 13.8. The molecule has 0 saturated carbocycles. The van der Waals surface area contributed by atoms with Crippen LogP contribution in [0.4, 0.5) is 0 Å². The van der Waals surface area contributed by atoms with E-state index >= 15 is 0 Å². The average molecular weight is 244 g/mol. The fourth-order valence-corrected chi connectivity index (χ4v) is 1.67. The number of ether oxygens (including phenoxy) is 1. The first-order chi connectivity index (χ1) is 8.38. The van der Waals surface area contributed by atoms with Gasteiger partial charge in [-0.1, -0.05) is 39.0 Å². The molecule has 0 aliphatic rings. The number of rotatable bonds is 4. The Bertz CT molecular complexity index is 447. The zero-order valence-electron chi connectivity index (χ0n) is 12.2. The highest BCUT2D eigenvalue weighted by molar-refractivity contribution is 5.41. The lowest BCUT2D eigenvalue weighted by molar-refractivity contribution is 0.420. The highest BCUT2D eigenvalue weighted by Gasteiger charge is 2.16. The molecule has 0 aliphatic heterocycles. The minimum absolute atomic E-state index is 0.134. The maximum absolute atomic E-state index is 5.90. The summed E-state index contributed by atoms with van der Waals surface area (Å²) in [7, 11) is 0. The summed E-state index contributed by atoms with van der Waals surface area (Å²) < 4.78 is 5.90. The van der Waals surface area contributed by atoms with Gasteiger partial charge < -0.3 is 4.74 Å². The Morgan fingerprint density at radius 3 is 2.50 bits per heavy atom. The van der Waals surface area contributed by atoms with Crippen LogP contribution in [-0.4, -0.2) is 0 Å². The first kappa shape index (κ1) is 14.6. The Labute approximate surface area is 111 Å². The molecule has 98 valence electrons. The van der Waals surface area contributed by atoms with Crippen LogP contribution < -0.4 is 4.74 Å². The third kappa shape index (κ3) is 3.76. The minimum atomic E-state index is 0.134. The van der Waals surface area contributed by atoms with Gasteiger partial charge in [0, 0.05) is 0 Å². The van der Waals surface area contributed by atoms with Gasteiger partial charge in [-0.25, -0.2) is 0 Å². The summed E-state index contributed by atoms with van der Waals surface area (Å²) in [6.45, 7) is 14.4. The Hall–Kier alpha value is -1.50. The third-order valence-corrected chi connectivity index (χ3v) is 2.97. The highest BCUT2D eigenvalue weighted by atomic mass is 16.5. The summed E-state index contributed by atoms with van der Waals surface area (Å²) >= 11 is 0. The highest BCUT2D eigenvalue weighted by Crippen LogP contribution is 2.30. The monoisotopic (exact) mass is 244 g/mol. The van der Waals surface area contributed by atoms with Crippen LogP contribution in [0.1, 0.15) is 45.7 Å². The van der Waals surface area contributed by atoms with Crippen LogP contribution in [0.25, 0.3) is 0 Å². The van der Waals surface area contributed by atoms with Crippen LogP contribution in [0, 0.1) is 0 Å². The molecule has 0 aromatic heterocycles. The van der Waals surface area contributed by atoms with E-state index in [2.05, 4.69) is 45.5 Å². The zero-order valence-corrected chi connectivity index (χ0v) is 12.2. The first-order valence-electron chi connectivity index (χ1n) is 6.43. The molecule has 1 rings (SSSR count). The molecule has 0 radical (unpaired) electrons. The Kier molecular flexibility index (Phi) is 4.77. The Balaban J connectivity index is 3.19. The molecular weight excluding hydrogens is 220 g/mol. The molecule has 0 spiro atoms. The van der Waals surface area contributed by atoms with Crippen LogP contribution in [0.3, 0.4) is 0 Å². The fraction of sp³-hybridized carbons (Fsp3) is 0.412. The van der Waals surface area contributed by atoms with Gasteiger partial charge in [-0.3, -0.25) is 0 Å². The lowest BCUT2D eigenvalue weighted by Crippen LogP contribution is -2.11. The molecule has 18 heavy (non-hydrogen) atoms. The molecule has 1 heteroatoms. The summed E-state index contributed by atoms with van der Waals surface area (Å²) in [5.74, 6) is 1.87. The normalized spacial score (nSPS) is 12.4. The van der Waals surface area contributed by atoms with Crippen molar-refractivity contribution in [3.05, 3.63) is 53.8 Å². The van der Waals surface area contributed by atoms with E-state index in [0.29, 0.717) is 0 Å². The Morgan fingerprint density at radius 1 is 1.33 bits per heavy atom. The molecule has 0 saturated heterocycles. The van der Waals surface area contributed by atoms with Crippen LogP contribution in [0.15, 0.2) is 42.7 Å². The predicted octanol–water partition coefficient (Wildman–Crippen LogP) is 5.02. The van der Waals surface area contributed by atoms with Gasteiger partial charge in [0.15, 0.2) is 0 Å². The van der Waals surface area contributed by atoms with E-state index in [0.717, 1.165) is 17.9 Å². The maximum Gasteiger partial charge on any atom is 0.130 e. The number of benzene rings is 1. The van der Waals surface area contributed by atoms with Crippen LogP contribution in [0.5, 0.6) is 5.75 Å². The van der Waals surface area contributed by atoms with Gasteiger partial charge in [0.2, 0.25) is 0 Å². The van der Waals surface area contributed by atoms with E-state index in [1.165, 1.54) is 11.1 Å². The number of allylic oxidation sites excluding steroid dienone is 3. The van der Waals surface area contributed by atoms with Crippen molar-refractivity contribution >= 4 is 0 Å². The van der Waals surface area contributed by atoms with Gasteiger partial charge in [-0.05, 0) is 49.0 Å². The maximum atomic E-state index is 5.90. The molecule has 1 aromatic carbocycles. The van der Waals surface area contributed by atoms with Gasteiger partial charge in [-0.15, -0.1) is 6.58 Å². The van der Waals surface area contributed by atoms with Crippen molar-refractivity contribution in [2.24, 2.45) is 0 Å². The molecule has 0 amide bonds. The van der Waals surface area contributed by atoms with Crippen molar-refractivity contribution in [1.82, 2.24) is 0 Å². The van der Waals surface area contributed by atoms with E-state index < -0.39 is 0 Å². The van der Waals surface area contributed by atoms with Crippen molar-refractivity contribution in [1.29, 1.82) is 0 Å². The van der Waals surface area contributed by atoms with Gasteiger partial charge in [0.25, 0.3) is 0 Å². The topological polar surface area (TPSA) is 9.23 Å². The van der Waals surface area contributed by atoms with E-state index in [4.69, 9.17) is 4.74 Å². The van der Waals surface area contributed by atoms with E-state index in [1.807, 2.05) is 26.0 Å². The summed E-state index contributed by atoms with van der Waals surface area (Å²) in [5.41, 5.74) is 2.60. The van der Waals surface area contributed by atoms with Crippen LogP contribution in [0.2, 0.25) is 0 Å². The van der Waals surface area contributed by atoms with Crippen LogP contribution >= 0.6 is 0 Å². The molecule has 0 aliphatic carbocycles. The second-order valence-electron chi connectivity index (χ2n) is 5.57. The second kappa shape index (κ2) is 5.90. The fourth-order valence-electron chi connectivity index (χ4n) is 1.67. The van der Waals surface area contributed by atoms with Crippen molar-refractivity contribution in [2.75, 3.05) is 0 Å². The standard InChI is InChI=1S/C17H24O/c1-7-9-14-10-11-15(17(4,5)6)12-16(14)18-13(3)8-2/h7-8,10-12H,1,9H2,2-6H3. The molecule has 0 atom stereocenters. The van der Waals surface area contributed by atoms with Crippen molar-refractivity contribution in [3.63, 3.8) is 0 Å². The third-order valence-electron chi connectivity index (χ3n) is 2.97. The first-order valence-corrected chi connectivity index (χ1v) is 6.43. The lowest BCUT2D eigenvalue weighted by atomic mass is 9.86. The molecule has 1 nitrogen and oxygen atoms in total. The van der Waals surface area contributed by atoms with Crippen molar-refractivity contribution in [2.45, 2.75) is 46.5 Å². The van der Waals surface area contributed by atoms with Gasteiger partial charge in [0.1, 0.15) is 5.75 Å².